The van der Waals surface area contributed by atoms with E-state index >= 15 is 0 Å². The molecule has 0 saturated carbocycles. The van der Waals surface area contributed by atoms with Crippen LogP contribution in [0.2, 0.25) is 0 Å². The number of benzene rings is 2. The molecular formula is C24H21N3O3S. The Balaban J connectivity index is 1.55. The van der Waals surface area contributed by atoms with Crippen molar-refractivity contribution in [2.45, 2.75) is 10.1 Å². The van der Waals surface area contributed by atoms with Gasteiger partial charge in [0.25, 0.3) is 5.91 Å². The van der Waals surface area contributed by atoms with E-state index in [9.17, 15) is 13.2 Å². The van der Waals surface area contributed by atoms with Gasteiger partial charge in [0.05, 0.1) is 4.90 Å². The second kappa shape index (κ2) is 8.97. The predicted octanol–water partition coefficient (Wildman–Crippen LogP) is 3.82. The average molecular weight is 432 g/mol. The fourth-order valence-corrected chi connectivity index (χ4v) is 4.99. The molecule has 4 rings (SSSR count). The van der Waals surface area contributed by atoms with Crippen molar-refractivity contribution >= 4 is 15.7 Å². The van der Waals surface area contributed by atoms with Crippen LogP contribution in [0.4, 0.5) is 0 Å². The summed E-state index contributed by atoms with van der Waals surface area (Å²) in [4.78, 5) is 17.0. The molecular weight excluding hydrogens is 410 g/mol. The number of pyridine rings is 1. The van der Waals surface area contributed by atoms with Gasteiger partial charge in [-0.15, -0.1) is 0 Å². The largest absolute Gasteiger partial charge is 0.350 e. The van der Waals surface area contributed by atoms with Crippen LogP contribution in [-0.2, 0) is 9.84 Å². The van der Waals surface area contributed by atoms with Gasteiger partial charge in [-0.2, -0.15) is 0 Å². The van der Waals surface area contributed by atoms with Gasteiger partial charge in [0, 0.05) is 42.6 Å². The SMILES string of the molecule is O=C(NC[C@H](c1cccnc1)S(=O)(=O)c1ccccc1)c1ccc(-n2cccc2)cc1. The van der Waals surface area contributed by atoms with Gasteiger partial charge in [-0.05, 0) is 60.2 Å². The van der Waals surface area contributed by atoms with E-state index in [0.717, 1.165) is 5.69 Å². The van der Waals surface area contributed by atoms with Crippen molar-refractivity contribution < 1.29 is 13.2 Å². The molecule has 2 aromatic heterocycles. The summed E-state index contributed by atoms with van der Waals surface area (Å²) in [5, 5.41) is 1.82. The molecule has 0 aliphatic carbocycles. The second-order valence-electron chi connectivity index (χ2n) is 6.98. The number of rotatable bonds is 7. The molecule has 1 atom stereocenters. The lowest BCUT2D eigenvalue weighted by Gasteiger charge is -2.19. The summed E-state index contributed by atoms with van der Waals surface area (Å²) in [6, 6.07) is 22.6. The number of nitrogens with one attached hydrogen (secondary N) is 1. The summed E-state index contributed by atoms with van der Waals surface area (Å²) in [6.45, 7) is -0.0683. The molecule has 2 aromatic carbocycles. The van der Waals surface area contributed by atoms with Gasteiger partial charge in [-0.3, -0.25) is 9.78 Å². The third-order valence-corrected chi connectivity index (χ3v) is 7.10. The minimum atomic E-state index is -3.73. The molecule has 1 N–H and O–H groups in total. The Labute approximate surface area is 181 Å². The summed E-state index contributed by atoms with van der Waals surface area (Å²) in [6.07, 6.45) is 6.94. The van der Waals surface area contributed by atoms with E-state index < -0.39 is 15.1 Å². The van der Waals surface area contributed by atoms with Crippen molar-refractivity contribution in [3.05, 3.63) is 115 Å². The first kappa shape index (κ1) is 20.6. The van der Waals surface area contributed by atoms with Crippen molar-refractivity contribution in [1.29, 1.82) is 0 Å². The lowest BCUT2D eigenvalue weighted by molar-refractivity contribution is 0.0953. The molecule has 4 aromatic rings. The molecule has 7 heteroatoms. The van der Waals surface area contributed by atoms with Crippen LogP contribution >= 0.6 is 0 Å². The zero-order valence-electron chi connectivity index (χ0n) is 16.6. The summed E-state index contributed by atoms with van der Waals surface area (Å²) in [7, 11) is -3.73. The van der Waals surface area contributed by atoms with Crippen LogP contribution in [0.25, 0.3) is 5.69 Å². The van der Waals surface area contributed by atoms with E-state index in [1.165, 1.54) is 6.20 Å². The molecule has 0 bridgehead atoms. The summed E-state index contributed by atoms with van der Waals surface area (Å²) < 4.78 is 28.5. The van der Waals surface area contributed by atoms with Gasteiger partial charge in [0.2, 0.25) is 0 Å². The van der Waals surface area contributed by atoms with E-state index in [-0.39, 0.29) is 17.3 Å². The highest BCUT2D eigenvalue weighted by atomic mass is 32.2. The summed E-state index contributed by atoms with van der Waals surface area (Å²) in [5.41, 5.74) is 1.91. The molecule has 6 nitrogen and oxygen atoms in total. The second-order valence-corrected chi connectivity index (χ2v) is 9.11. The summed E-state index contributed by atoms with van der Waals surface area (Å²) >= 11 is 0. The number of sulfone groups is 1. The van der Waals surface area contributed by atoms with E-state index in [0.29, 0.717) is 11.1 Å². The Kier molecular flexibility index (Phi) is 5.95. The molecule has 0 unspecified atom stereocenters. The quantitative estimate of drug-likeness (QED) is 0.482. The lowest BCUT2D eigenvalue weighted by atomic mass is 10.1. The maximum absolute atomic E-state index is 13.3. The smallest absolute Gasteiger partial charge is 0.251 e. The number of carbonyl (C=O) groups excluding carboxylic acids is 1. The Morgan fingerprint density at radius 3 is 2.26 bits per heavy atom. The molecule has 156 valence electrons. The standard InChI is InChI=1S/C24H21N3O3S/c28-24(19-10-12-21(13-11-19)27-15-4-5-16-27)26-18-23(20-7-6-14-25-17-20)31(29,30)22-8-2-1-3-9-22/h1-17,23H,18H2,(H,26,28)/t23-/m1/s1. The van der Waals surface area contributed by atoms with Crippen molar-refractivity contribution in [1.82, 2.24) is 14.9 Å². The van der Waals surface area contributed by atoms with Crippen molar-refractivity contribution in [3.63, 3.8) is 0 Å². The van der Waals surface area contributed by atoms with E-state index in [1.807, 2.05) is 41.2 Å². The van der Waals surface area contributed by atoms with Crippen LogP contribution in [0.3, 0.4) is 0 Å². The van der Waals surface area contributed by atoms with Crippen LogP contribution < -0.4 is 5.32 Å². The molecule has 2 heterocycles. The highest BCUT2D eigenvalue weighted by Crippen LogP contribution is 2.28. The molecule has 31 heavy (non-hydrogen) atoms. The highest BCUT2D eigenvalue weighted by Gasteiger charge is 2.29. The van der Waals surface area contributed by atoms with Gasteiger partial charge in [-0.1, -0.05) is 24.3 Å². The third kappa shape index (κ3) is 4.57. The van der Waals surface area contributed by atoms with Gasteiger partial charge in [0.15, 0.2) is 9.84 Å². The fraction of sp³-hybridized carbons (Fsp3) is 0.0833. The van der Waals surface area contributed by atoms with E-state index in [4.69, 9.17) is 0 Å². The topological polar surface area (TPSA) is 81.1 Å². The van der Waals surface area contributed by atoms with Crippen LogP contribution in [-0.4, -0.2) is 30.4 Å². The number of aromatic nitrogens is 2. The Hall–Kier alpha value is -3.71. The summed E-state index contributed by atoms with van der Waals surface area (Å²) in [5.74, 6) is -0.337. The van der Waals surface area contributed by atoms with E-state index in [1.54, 1.807) is 60.8 Å². The van der Waals surface area contributed by atoms with Crippen LogP contribution in [0.15, 0.2) is 109 Å². The van der Waals surface area contributed by atoms with Crippen molar-refractivity contribution in [2.75, 3.05) is 6.54 Å². The molecule has 0 saturated heterocycles. The van der Waals surface area contributed by atoms with Gasteiger partial charge >= 0.3 is 0 Å². The Bertz CT molecular complexity index is 1240. The van der Waals surface area contributed by atoms with Crippen molar-refractivity contribution in [3.8, 4) is 5.69 Å². The monoisotopic (exact) mass is 431 g/mol. The van der Waals surface area contributed by atoms with Gasteiger partial charge in [0.1, 0.15) is 5.25 Å². The average Bonchev–Trinajstić information content (AvgIpc) is 3.35. The Morgan fingerprint density at radius 2 is 1.61 bits per heavy atom. The van der Waals surface area contributed by atoms with E-state index in [2.05, 4.69) is 10.3 Å². The maximum atomic E-state index is 13.3. The zero-order valence-corrected chi connectivity index (χ0v) is 17.4. The number of hydrogen-bond acceptors (Lipinski definition) is 4. The van der Waals surface area contributed by atoms with Gasteiger partial charge < -0.3 is 9.88 Å². The van der Waals surface area contributed by atoms with Crippen LogP contribution in [0.5, 0.6) is 0 Å². The molecule has 0 radical (unpaired) electrons. The molecule has 0 aliphatic rings. The number of amides is 1. The normalized spacial score (nSPS) is 12.3. The number of hydrogen-bond donors (Lipinski definition) is 1. The fourth-order valence-electron chi connectivity index (χ4n) is 3.33. The zero-order chi connectivity index (χ0) is 21.7. The van der Waals surface area contributed by atoms with Gasteiger partial charge in [-0.25, -0.2) is 8.42 Å². The first-order valence-electron chi connectivity index (χ1n) is 9.76. The van der Waals surface area contributed by atoms with Crippen LogP contribution in [0, 0.1) is 0 Å². The molecule has 0 spiro atoms. The highest BCUT2D eigenvalue weighted by molar-refractivity contribution is 7.91. The number of carbonyl (C=O) groups is 1. The number of nitrogens with zero attached hydrogens (tertiary/aromatic N) is 2. The molecule has 0 aliphatic heterocycles. The lowest BCUT2D eigenvalue weighted by Crippen LogP contribution is -2.32. The molecule has 1 amide bonds. The minimum Gasteiger partial charge on any atom is -0.350 e. The maximum Gasteiger partial charge on any atom is 0.251 e. The van der Waals surface area contributed by atoms with Crippen molar-refractivity contribution in [2.24, 2.45) is 0 Å². The Morgan fingerprint density at radius 1 is 0.903 bits per heavy atom. The molecule has 0 fully saturated rings. The predicted molar refractivity (Wildman–Crippen MR) is 119 cm³/mol. The first-order valence-corrected chi connectivity index (χ1v) is 11.3. The minimum absolute atomic E-state index is 0.0683. The van der Waals surface area contributed by atoms with Crippen LogP contribution in [0.1, 0.15) is 21.2 Å². The third-order valence-electron chi connectivity index (χ3n) is 4.98. The first-order chi connectivity index (χ1) is 15.1.